The average molecular weight is 1070 g/mol. The number of nitrogens with two attached hydrogens (primary N) is 1. The van der Waals surface area contributed by atoms with Crippen molar-refractivity contribution >= 4 is 65.0 Å². The Morgan fingerprint density at radius 1 is 0.787 bits per heavy atom. The number of thioether (sulfide) groups is 1. The molecule has 1 unspecified atom stereocenters. The summed E-state index contributed by atoms with van der Waals surface area (Å²) < 4.78 is 34.7. The monoisotopic (exact) mass is 1070 g/mol. The van der Waals surface area contributed by atoms with Crippen LogP contribution >= 0.6 is 23.4 Å². The molecule has 0 aliphatic carbocycles. The molecule has 4 N–H and O–H groups in total. The van der Waals surface area contributed by atoms with Gasteiger partial charge < -0.3 is 33.8 Å². The van der Waals surface area contributed by atoms with Gasteiger partial charge in [-0.15, -0.1) is 0 Å². The number of aromatic nitrogens is 2. The molecule has 4 aromatic rings. The third kappa shape index (κ3) is 15.4. The van der Waals surface area contributed by atoms with Crippen molar-refractivity contribution in [2.24, 2.45) is 0 Å². The maximum atomic E-state index is 13.5. The minimum absolute atomic E-state index is 0.0127. The predicted octanol–water partition coefficient (Wildman–Crippen LogP) is 7.32. The summed E-state index contributed by atoms with van der Waals surface area (Å²) in [4.78, 5) is 90.7. The van der Waals surface area contributed by atoms with Crippen LogP contribution in [0.25, 0.3) is 22.6 Å². The lowest BCUT2D eigenvalue weighted by atomic mass is 9.97. The summed E-state index contributed by atoms with van der Waals surface area (Å²) in [6.07, 6.45) is -1.83. The summed E-state index contributed by atoms with van der Waals surface area (Å²) in [7, 11) is 0. The molecule has 75 heavy (non-hydrogen) atoms. The summed E-state index contributed by atoms with van der Waals surface area (Å²) in [5.41, 5.74) is 6.76. The normalized spacial score (nSPS) is 16.7. The molecule has 0 spiro atoms. The lowest BCUT2D eigenvalue weighted by molar-refractivity contribution is -0.150. The second-order valence-electron chi connectivity index (χ2n) is 19.7. The highest BCUT2D eigenvalue weighted by Gasteiger charge is 2.39. The second kappa shape index (κ2) is 24.9. The molecule has 0 saturated carbocycles. The van der Waals surface area contributed by atoms with E-state index in [0.717, 1.165) is 5.56 Å². The zero-order chi connectivity index (χ0) is 54.8. The molecular weight excluding hydrogens is 1010 g/mol. The third-order valence-electron chi connectivity index (χ3n) is 11.5. The maximum Gasteiger partial charge on any atom is 0.410 e. The number of nitrogen functional groups attached to an aromatic ring is 1. The van der Waals surface area contributed by atoms with Gasteiger partial charge >= 0.3 is 12.2 Å². The van der Waals surface area contributed by atoms with E-state index < -0.39 is 77.4 Å². The minimum atomic E-state index is -1.30. The van der Waals surface area contributed by atoms with Gasteiger partial charge in [0.25, 0.3) is 11.8 Å². The lowest BCUT2D eigenvalue weighted by Crippen LogP contribution is -2.51. The van der Waals surface area contributed by atoms with Crippen molar-refractivity contribution in [2.45, 2.75) is 133 Å². The number of carbonyl (C=O) groups excluding carboxylic acids is 6. The molecule has 2 aromatic heterocycles. The number of nitrogens with one attached hydrogen (secondary N) is 2. The number of nitriles is 2. The zero-order valence-electron chi connectivity index (χ0n) is 42.9. The molecular formula is C52H60ClN9O12S. The van der Waals surface area contributed by atoms with E-state index in [0.29, 0.717) is 47.9 Å². The Kier molecular flexibility index (Phi) is 18.9. The topological polar surface area (TPSA) is 292 Å². The summed E-state index contributed by atoms with van der Waals surface area (Å²) in [5, 5.41) is 26.1. The van der Waals surface area contributed by atoms with E-state index in [1.54, 1.807) is 90.1 Å². The van der Waals surface area contributed by atoms with E-state index in [2.05, 4.69) is 32.7 Å². The zero-order valence-corrected chi connectivity index (χ0v) is 44.5. The largest absolute Gasteiger partial charge is 0.491 e. The van der Waals surface area contributed by atoms with Crippen molar-refractivity contribution in [1.82, 2.24) is 30.4 Å². The van der Waals surface area contributed by atoms with Crippen molar-refractivity contribution in [3.63, 3.8) is 0 Å². The minimum Gasteiger partial charge on any atom is -0.491 e. The quantitative estimate of drug-likeness (QED) is 0.0873. The van der Waals surface area contributed by atoms with Crippen molar-refractivity contribution < 1.29 is 56.9 Å². The number of hydrogen-bond donors (Lipinski definition) is 3. The molecule has 398 valence electrons. The Morgan fingerprint density at radius 3 is 1.85 bits per heavy atom. The highest BCUT2D eigenvalue weighted by atomic mass is 35.5. The Morgan fingerprint density at radius 2 is 1.32 bits per heavy atom. The van der Waals surface area contributed by atoms with Crippen molar-refractivity contribution in [1.29, 1.82) is 10.5 Å². The van der Waals surface area contributed by atoms with Crippen LogP contribution < -0.4 is 21.1 Å². The SMILES string of the molecule is C[C@H](OCC(COc1ccc(-c2c(C#N)c(N)nc(SCc3coc(-c4ccc(Cl)cc4)n3)c2C#N)cc1)O[C@@H](C)C(=O)NC(=O)[C@@H]1CCCN1C(=O)OC(C)(C)C)C(=O)NC(=O)[C@@H]1CCCN1C(=O)OC(C)(C)C. The first-order valence-electron chi connectivity index (χ1n) is 24.1. The first-order valence-corrected chi connectivity index (χ1v) is 25.5. The fraction of sp³-hybridized carbons (Fsp3) is 0.462. The molecule has 21 nitrogen and oxygen atoms in total. The standard InChI is InChI=1S/C52H60ClN9O12S/c1-29(43(63)59-45(65)39-11-9-21-61(39)49(67)73-51(3,4)5)69-26-36(72-30(2)44(64)60-46(66)40-12-10-22-62(40)50(68)74-52(6,7)8)27-70-35-19-15-31(16-20-35)41-37(23-54)42(56)58-48(38(41)24-55)75-28-34-25-71-47(57-34)32-13-17-33(53)18-14-32/h13-20,25,29-30,36,39-40H,9-12,21-22,26-28H2,1-8H3,(H2,56,58)(H,59,63,65)(H,60,64,66)/t29-,30-,36?,39-,40-/m0/s1. The number of imide groups is 2. The number of nitrogens with zero attached hydrogens (tertiary/aromatic N) is 6. The number of anilines is 1. The van der Waals surface area contributed by atoms with Crippen LogP contribution in [0.1, 0.15) is 97.9 Å². The van der Waals surface area contributed by atoms with E-state index in [1.807, 2.05) is 0 Å². The van der Waals surface area contributed by atoms with E-state index in [-0.39, 0.29) is 65.3 Å². The lowest BCUT2D eigenvalue weighted by Gasteiger charge is -2.28. The summed E-state index contributed by atoms with van der Waals surface area (Å²) >= 11 is 7.21. The Hall–Kier alpha value is -7.24. The van der Waals surface area contributed by atoms with Crippen LogP contribution in [0.15, 0.2) is 64.2 Å². The smallest absolute Gasteiger partial charge is 0.410 e. The number of carbonyl (C=O) groups is 6. The highest BCUT2D eigenvalue weighted by Crippen LogP contribution is 2.37. The van der Waals surface area contributed by atoms with E-state index in [9.17, 15) is 39.3 Å². The number of rotatable bonds is 17. The highest BCUT2D eigenvalue weighted by molar-refractivity contribution is 7.98. The fourth-order valence-electron chi connectivity index (χ4n) is 7.91. The van der Waals surface area contributed by atoms with Crippen LogP contribution in [0, 0.1) is 22.7 Å². The van der Waals surface area contributed by atoms with Crippen LogP contribution in [-0.4, -0.2) is 123 Å². The van der Waals surface area contributed by atoms with Crippen LogP contribution in [0.2, 0.25) is 5.02 Å². The van der Waals surface area contributed by atoms with Crippen LogP contribution in [-0.2, 0) is 43.9 Å². The molecule has 23 heteroatoms. The van der Waals surface area contributed by atoms with Gasteiger partial charge in [-0.3, -0.25) is 39.6 Å². The molecule has 2 saturated heterocycles. The average Bonchev–Trinajstić information content (AvgIpc) is 4.16. The van der Waals surface area contributed by atoms with Gasteiger partial charge in [0.2, 0.25) is 17.7 Å². The summed E-state index contributed by atoms with van der Waals surface area (Å²) in [5.74, 6) is -2.23. The van der Waals surface area contributed by atoms with E-state index in [1.165, 1.54) is 41.7 Å². The number of halogens is 1. The Balaban J connectivity index is 1.15. The number of hydrogen-bond acceptors (Lipinski definition) is 18. The van der Waals surface area contributed by atoms with Gasteiger partial charge in [0.1, 0.15) is 88.8 Å². The first kappa shape index (κ1) is 57.0. The van der Waals surface area contributed by atoms with Crippen molar-refractivity contribution in [3.8, 4) is 40.5 Å². The molecule has 2 aliphatic rings. The van der Waals surface area contributed by atoms with Crippen molar-refractivity contribution in [3.05, 3.63) is 76.6 Å². The van der Waals surface area contributed by atoms with Gasteiger partial charge in [-0.25, -0.2) is 19.6 Å². The molecule has 6 rings (SSSR count). The summed E-state index contributed by atoms with van der Waals surface area (Å²) in [6, 6.07) is 15.7. The third-order valence-corrected chi connectivity index (χ3v) is 12.8. The van der Waals surface area contributed by atoms with Gasteiger partial charge in [-0.2, -0.15) is 10.5 Å². The Bertz CT molecular complexity index is 2840. The predicted molar refractivity (Wildman–Crippen MR) is 273 cm³/mol. The van der Waals surface area contributed by atoms with Crippen LogP contribution in [0.3, 0.4) is 0 Å². The molecule has 5 atom stereocenters. The molecule has 4 heterocycles. The fourth-order valence-corrected chi connectivity index (χ4v) is 8.91. The van der Waals surface area contributed by atoms with Gasteiger partial charge in [-0.05, 0) is 123 Å². The molecule has 2 aliphatic heterocycles. The molecule has 6 amide bonds. The molecule has 2 fully saturated rings. The number of likely N-dealkylation sites (tertiary alicyclic amines) is 2. The number of oxazole rings is 1. The molecule has 0 bridgehead atoms. The van der Waals surface area contributed by atoms with Crippen LogP contribution in [0.5, 0.6) is 5.75 Å². The maximum absolute atomic E-state index is 13.5. The van der Waals surface area contributed by atoms with Gasteiger partial charge in [0.15, 0.2) is 0 Å². The number of ether oxygens (including phenoxy) is 5. The number of amides is 6. The van der Waals surface area contributed by atoms with E-state index in [4.69, 9.17) is 45.4 Å². The summed E-state index contributed by atoms with van der Waals surface area (Å²) in [6.45, 7) is 12.9. The van der Waals surface area contributed by atoms with Crippen molar-refractivity contribution in [2.75, 3.05) is 32.0 Å². The van der Waals surface area contributed by atoms with Crippen LogP contribution in [0.4, 0.5) is 15.4 Å². The first-order chi connectivity index (χ1) is 35.4. The second-order valence-corrected chi connectivity index (χ2v) is 21.1. The Labute approximate surface area is 443 Å². The van der Waals surface area contributed by atoms with Gasteiger partial charge in [0.05, 0.1) is 17.9 Å². The van der Waals surface area contributed by atoms with Gasteiger partial charge in [0, 0.05) is 35.0 Å². The van der Waals surface area contributed by atoms with E-state index >= 15 is 0 Å². The van der Waals surface area contributed by atoms with Gasteiger partial charge in [-0.1, -0.05) is 35.5 Å². The number of benzene rings is 2. The number of pyridine rings is 1. The molecule has 2 aromatic carbocycles. The molecule has 0 radical (unpaired) electrons.